The number of aliphatic hydroxyl groups is 3. The monoisotopic (exact) mass is 682 g/mol. The highest BCUT2D eigenvalue weighted by atomic mass is 16.7. The molecule has 10 heteroatoms. The number of aliphatic hydroxyl groups excluding tert-OH is 3. The van der Waals surface area contributed by atoms with Gasteiger partial charge in [-0.15, -0.1) is 5.10 Å². The Hall–Kier alpha value is -1.40. The molecule has 274 valence electrons. The largest absolute Gasteiger partial charge is 0.388 e. The topological polar surface area (TPSA) is 122 Å². The van der Waals surface area contributed by atoms with E-state index < -0.39 is 30.7 Å². The fourth-order valence-electron chi connectivity index (χ4n) is 12.8. The first-order chi connectivity index (χ1) is 23.5. The summed E-state index contributed by atoms with van der Waals surface area (Å²) >= 11 is 0. The Morgan fingerprint density at radius 2 is 1.80 bits per heavy atom. The summed E-state index contributed by atoms with van der Waals surface area (Å²) in [5.74, 6) is 5.18. The molecule has 1 aromatic heterocycles. The lowest BCUT2D eigenvalue weighted by Crippen LogP contribution is -2.57. The molecule has 1 aromatic rings. The molecule has 3 aliphatic heterocycles. The maximum absolute atomic E-state index is 10.2. The highest BCUT2D eigenvalue weighted by Gasteiger charge is 2.66. The molecule has 0 radical (unpaired) electrons. The quantitative estimate of drug-likeness (QED) is 0.265. The Morgan fingerprint density at radius 3 is 2.63 bits per heavy atom. The predicted molar refractivity (Wildman–Crippen MR) is 184 cm³/mol. The van der Waals surface area contributed by atoms with Crippen molar-refractivity contribution in [2.45, 2.75) is 161 Å². The maximum Gasteiger partial charge on any atom is 0.186 e. The second kappa shape index (κ2) is 13.2. The van der Waals surface area contributed by atoms with Crippen LogP contribution in [0.25, 0.3) is 0 Å². The first-order valence-corrected chi connectivity index (χ1v) is 19.7. The predicted octanol–water partition coefficient (Wildman–Crippen LogP) is 4.71. The van der Waals surface area contributed by atoms with E-state index in [9.17, 15) is 15.3 Å². The van der Waals surface area contributed by atoms with E-state index in [4.69, 9.17) is 14.2 Å². The molecule has 0 aromatic carbocycles. The van der Waals surface area contributed by atoms with Crippen LogP contribution in [0, 0.1) is 46.3 Å². The van der Waals surface area contributed by atoms with Crippen molar-refractivity contribution in [3.05, 3.63) is 23.5 Å². The van der Waals surface area contributed by atoms with Gasteiger partial charge in [-0.25, -0.2) is 0 Å². The fraction of sp³-hybridized carbons (Fsp3) is 0.897. The lowest BCUT2D eigenvalue weighted by atomic mass is 9.47. The molecular weight excluding hydrogens is 620 g/mol. The van der Waals surface area contributed by atoms with Gasteiger partial charge < -0.3 is 29.5 Å². The van der Waals surface area contributed by atoms with Crippen LogP contribution in [0.5, 0.6) is 0 Å². The van der Waals surface area contributed by atoms with Crippen LogP contribution in [0.3, 0.4) is 0 Å². The number of hydrogen-bond acceptors (Lipinski definition) is 9. The molecule has 7 aliphatic rings. The van der Waals surface area contributed by atoms with Gasteiger partial charge in [-0.3, -0.25) is 9.58 Å². The van der Waals surface area contributed by atoms with Crippen LogP contribution in [-0.2, 0) is 27.4 Å². The van der Waals surface area contributed by atoms with Crippen molar-refractivity contribution >= 4 is 0 Å². The van der Waals surface area contributed by atoms with Crippen molar-refractivity contribution in [3.8, 4) is 0 Å². The van der Waals surface area contributed by atoms with E-state index in [1.54, 1.807) is 17.2 Å². The van der Waals surface area contributed by atoms with Gasteiger partial charge in [-0.1, -0.05) is 44.6 Å². The molecule has 0 amide bonds. The number of fused-ring (bicyclic) bond motifs is 9. The Kier molecular flexibility index (Phi) is 9.36. The van der Waals surface area contributed by atoms with Gasteiger partial charge in [-0.2, -0.15) is 0 Å². The molecule has 0 bridgehead atoms. The van der Waals surface area contributed by atoms with Crippen LogP contribution in [0.2, 0.25) is 0 Å². The van der Waals surface area contributed by atoms with E-state index in [0.717, 1.165) is 66.9 Å². The van der Waals surface area contributed by atoms with Crippen molar-refractivity contribution in [2.75, 3.05) is 13.2 Å². The standard InChI is InChI=1S/C39H62N4O6/c1-22-7-10-31-23(2)33-32(43(31)19-22)18-30-28-9-8-25-17-27(11-13-38(25,4)29(28)12-14-39(30,33)5)47-16-6-15-42-20-26(40-41-42)21-48-37-36(46)35(45)34(44)24(3)49-37/h8,20,22-24,27-37,44-46H,6-7,9-19,21H2,1-5H3/t22-,23+,24?,27-,28?,29?,30?,31?,32?,33?,34?,35?,36?,37?,38-,39-/m0/s1. The summed E-state index contributed by atoms with van der Waals surface area (Å²) in [4.78, 5) is 3.02. The number of allylic oxidation sites excluding steroid dienone is 1. The zero-order valence-electron chi connectivity index (χ0n) is 30.5. The van der Waals surface area contributed by atoms with Crippen LogP contribution in [0.4, 0.5) is 0 Å². The lowest BCUT2D eigenvalue weighted by molar-refractivity contribution is -0.296. The van der Waals surface area contributed by atoms with E-state index in [2.05, 4.69) is 49.0 Å². The van der Waals surface area contributed by atoms with Crippen molar-refractivity contribution in [1.29, 1.82) is 0 Å². The van der Waals surface area contributed by atoms with E-state index in [-0.39, 0.29) is 6.61 Å². The van der Waals surface area contributed by atoms with Crippen LogP contribution in [0.15, 0.2) is 17.8 Å². The van der Waals surface area contributed by atoms with Crippen LogP contribution in [-0.4, -0.2) is 97.3 Å². The van der Waals surface area contributed by atoms with E-state index >= 15 is 0 Å². The Bertz CT molecular complexity index is 1370. The number of aryl methyl sites for hydroxylation is 1. The Labute approximate surface area is 292 Å². The first kappa shape index (κ1) is 34.7. The highest BCUT2D eigenvalue weighted by Crippen LogP contribution is 2.70. The molecule has 4 heterocycles. The van der Waals surface area contributed by atoms with Crippen molar-refractivity contribution in [2.24, 2.45) is 46.3 Å². The van der Waals surface area contributed by atoms with Crippen LogP contribution >= 0.6 is 0 Å². The SMILES string of the molecule is CC1OC(OCc2cn(CCCO[C@H]3CC[C@@]4(C)C(=CCC5C6CC7C([C@H](C)C8CC[C@H](C)CN78)[C@@]6(C)CCC54)C3)nn2)C(O)C(O)C1O. The summed E-state index contributed by atoms with van der Waals surface area (Å²) in [5.41, 5.74) is 3.16. The molecule has 3 saturated carbocycles. The summed E-state index contributed by atoms with van der Waals surface area (Å²) in [6, 6.07) is 1.67. The zero-order valence-corrected chi connectivity index (χ0v) is 30.5. The number of rotatable bonds is 8. The van der Waals surface area contributed by atoms with E-state index in [1.807, 2.05) is 6.20 Å². The highest BCUT2D eigenvalue weighted by molar-refractivity contribution is 5.27. The molecule has 11 unspecified atom stereocenters. The number of ether oxygens (including phenoxy) is 3. The van der Waals surface area contributed by atoms with Crippen molar-refractivity contribution in [1.82, 2.24) is 19.9 Å². The van der Waals surface area contributed by atoms with Gasteiger partial charge in [0.15, 0.2) is 6.29 Å². The molecule has 0 spiro atoms. The average molecular weight is 683 g/mol. The maximum atomic E-state index is 10.2. The number of piperidine rings is 1. The van der Waals surface area contributed by atoms with E-state index in [1.165, 1.54) is 51.5 Å². The number of hydrogen-bond donors (Lipinski definition) is 3. The summed E-state index contributed by atoms with van der Waals surface area (Å²) in [6.07, 6.45) is 12.1. The second-order valence-corrected chi connectivity index (χ2v) is 18.0. The van der Waals surface area contributed by atoms with Gasteiger partial charge >= 0.3 is 0 Å². The second-order valence-electron chi connectivity index (χ2n) is 18.0. The van der Waals surface area contributed by atoms with Gasteiger partial charge in [-0.05, 0) is 117 Å². The molecular formula is C39H62N4O6. The molecule has 10 nitrogen and oxygen atoms in total. The van der Waals surface area contributed by atoms with Crippen LogP contribution < -0.4 is 0 Å². The molecule has 4 aliphatic carbocycles. The zero-order chi connectivity index (χ0) is 34.2. The van der Waals surface area contributed by atoms with Gasteiger partial charge in [0.25, 0.3) is 0 Å². The van der Waals surface area contributed by atoms with Gasteiger partial charge in [0, 0.05) is 31.8 Å². The Morgan fingerprint density at radius 1 is 0.959 bits per heavy atom. The molecule has 3 N–H and O–H groups in total. The fourth-order valence-corrected chi connectivity index (χ4v) is 12.8. The average Bonchev–Trinajstić information content (AvgIpc) is 3.75. The van der Waals surface area contributed by atoms with Gasteiger partial charge in [0.05, 0.1) is 25.0 Å². The normalized spacial score (nSPS) is 49.4. The molecule has 16 atom stereocenters. The van der Waals surface area contributed by atoms with Crippen LogP contribution in [0.1, 0.15) is 105 Å². The van der Waals surface area contributed by atoms with E-state index in [0.29, 0.717) is 35.8 Å². The minimum Gasteiger partial charge on any atom is -0.388 e. The lowest BCUT2D eigenvalue weighted by Gasteiger charge is -2.58. The smallest absolute Gasteiger partial charge is 0.186 e. The molecule has 3 saturated heterocycles. The molecule has 6 fully saturated rings. The molecule has 49 heavy (non-hydrogen) atoms. The third-order valence-electron chi connectivity index (χ3n) is 15.3. The summed E-state index contributed by atoms with van der Waals surface area (Å²) in [5, 5.41) is 38.5. The summed E-state index contributed by atoms with van der Waals surface area (Å²) in [6.45, 7) is 14.9. The van der Waals surface area contributed by atoms with Crippen molar-refractivity contribution < 1.29 is 29.5 Å². The summed E-state index contributed by atoms with van der Waals surface area (Å²) < 4.78 is 19.5. The molecule has 8 rings (SSSR count). The number of aromatic nitrogens is 3. The third-order valence-corrected chi connectivity index (χ3v) is 15.3. The minimum atomic E-state index is -1.33. The summed E-state index contributed by atoms with van der Waals surface area (Å²) in [7, 11) is 0. The minimum absolute atomic E-state index is 0.0873. The first-order valence-electron chi connectivity index (χ1n) is 19.7. The van der Waals surface area contributed by atoms with Crippen molar-refractivity contribution in [3.63, 3.8) is 0 Å². The third kappa shape index (κ3) is 5.88. The Balaban J connectivity index is 0.821. The van der Waals surface area contributed by atoms with Gasteiger partial charge in [0.2, 0.25) is 0 Å². The van der Waals surface area contributed by atoms with Gasteiger partial charge in [0.1, 0.15) is 24.0 Å². The number of nitrogens with zero attached hydrogens (tertiary/aromatic N) is 4.